The highest BCUT2D eigenvalue weighted by Crippen LogP contribution is 2.39. The lowest BCUT2D eigenvalue weighted by Crippen LogP contribution is -2.49. The Morgan fingerprint density at radius 3 is 2.61 bits per heavy atom. The Hall–Kier alpha value is -1.59. The number of carbonyl (C=O) groups excluding carboxylic acids is 1. The smallest absolute Gasteiger partial charge is 0.256 e. The van der Waals surface area contributed by atoms with Crippen LogP contribution in [0.25, 0.3) is 0 Å². The van der Waals surface area contributed by atoms with Crippen LogP contribution in [-0.2, 0) is 9.53 Å². The fourth-order valence-electron chi connectivity index (χ4n) is 3.71. The van der Waals surface area contributed by atoms with Gasteiger partial charge in [0.05, 0.1) is 7.11 Å². The van der Waals surface area contributed by atoms with Crippen molar-refractivity contribution in [3.8, 4) is 5.75 Å². The number of hydrogen-bond acceptors (Lipinski definition) is 4. The second kappa shape index (κ2) is 6.89. The molecule has 1 atom stereocenters. The van der Waals surface area contributed by atoms with Crippen molar-refractivity contribution in [2.75, 3.05) is 33.4 Å². The lowest BCUT2D eigenvalue weighted by Gasteiger charge is -2.45. The number of methoxy groups -OCH3 is 1. The second-order valence-corrected chi connectivity index (χ2v) is 6.65. The molecule has 2 saturated heterocycles. The van der Waals surface area contributed by atoms with Gasteiger partial charge in [-0.2, -0.15) is 0 Å². The summed E-state index contributed by atoms with van der Waals surface area (Å²) in [4.78, 5) is 14.5. The average molecular weight is 319 g/mol. The molecule has 23 heavy (non-hydrogen) atoms. The van der Waals surface area contributed by atoms with Gasteiger partial charge in [-0.25, -0.2) is 0 Å². The number of ether oxygens (including phenoxy) is 2. The summed E-state index contributed by atoms with van der Waals surface area (Å²) in [6, 6.07) is 7.02. The minimum absolute atomic E-state index is 0.186. The van der Waals surface area contributed by atoms with E-state index in [-0.39, 0.29) is 11.3 Å². The third-order valence-corrected chi connectivity index (χ3v) is 5.19. The minimum Gasteiger partial charge on any atom is -0.497 e. The van der Waals surface area contributed by atoms with Crippen molar-refractivity contribution in [3.63, 3.8) is 0 Å². The Bertz CT molecular complexity index is 531. The Labute approximate surface area is 137 Å². The van der Waals surface area contributed by atoms with E-state index < -0.39 is 6.10 Å². The van der Waals surface area contributed by atoms with Crippen LogP contribution in [0.1, 0.15) is 37.4 Å². The number of nitrogens with zero attached hydrogens (tertiary/aromatic N) is 1. The number of carbonyl (C=O) groups is 1. The lowest BCUT2D eigenvalue weighted by molar-refractivity contribution is -0.146. The van der Waals surface area contributed by atoms with Gasteiger partial charge in [0.1, 0.15) is 5.75 Å². The number of likely N-dealkylation sites (tertiary alicyclic amines) is 1. The van der Waals surface area contributed by atoms with Gasteiger partial charge in [0.2, 0.25) is 0 Å². The van der Waals surface area contributed by atoms with E-state index in [0.29, 0.717) is 11.3 Å². The monoisotopic (exact) mass is 319 g/mol. The van der Waals surface area contributed by atoms with Crippen LogP contribution in [0, 0.1) is 5.41 Å². The molecule has 0 aromatic heterocycles. The lowest BCUT2D eigenvalue weighted by atomic mass is 9.74. The van der Waals surface area contributed by atoms with E-state index >= 15 is 0 Å². The van der Waals surface area contributed by atoms with E-state index in [4.69, 9.17) is 9.47 Å². The minimum atomic E-state index is -1.10. The molecule has 126 valence electrons. The van der Waals surface area contributed by atoms with E-state index in [0.717, 1.165) is 52.0 Å². The van der Waals surface area contributed by atoms with Gasteiger partial charge in [0, 0.05) is 26.3 Å². The van der Waals surface area contributed by atoms with Gasteiger partial charge in [-0.15, -0.1) is 0 Å². The van der Waals surface area contributed by atoms with Crippen molar-refractivity contribution in [2.24, 2.45) is 5.41 Å². The number of piperidine rings is 1. The molecule has 5 heteroatoms. The maximum Gasteiger partial charge on any atom is 0.256 e. The highest BCUT2D eigenvalue weighted by molar-refractivity contribution is 5.82. The van der Waals surface area contributed by atoms with Crippen LogP contribution in [0.2, 0.25) is 0 Å². The van der Waals surface area contributed by atoms with Gasteiger partial charge >= 0.3 is 0 Å². The van der Waals surface area contributed by atoms with Crippen LogP contribution in [0.5, 0.6) is 5.75 Å². The van der Waals surface area contributed by atoms with Gasteiger partial charge in [0.25, 0.3) is 5.91 Å². The molecule has 0 saturated carbocycles. The number of amides is 1. The number of aliphatic hydroxyl groups excluding tert-OH is 1. The molecule has 2 fully saturated rings. The fourth-order valence-corrected chi connectivity index (χ4v) is 3.71. The Morgan fingerprint density at radius 1 is 1.26 bits per heavy atom. The molecule has 0 radical (unpaired) electrons. The first-order valence-corrected chi connectivity index (χ1v) is 8.32. The molecule has 0 bridgehead atoms. The molecule has 1 spiro atoms. The van der Waals surface area contributed by atoms with Crippen molar-refractivity contribution in [2.45, 2.75) is 31.8 Å². The molecule has 1 aromatic rings. The summed E-state index contributed by atoms with van der Waals surface area (Å²) < 4.78 is 10.6. The highest BCUT2D eigenvalue weighted by atomic mass is 16.5. The van der Waals surface area contributed by atoms with Crippen LogP contribution in [0.4, 0.5) is 0 Å². The molecule has 1 N–H and O–H groups in total. The van der Waals surface area contributed by atoms with Gasteiger partial charge in [0.15, 0.2) is 6.10 Å². The summed E-state index contributed by atoms with van der Waals surface area (Å²) in [5.74, 6) is 0.522. The first-order valence-electron chi connectivity index (χ1n) is 8.32. The molecule has 1 unspecified atom stereocenters. The molecule has 5 nitrogen and oxygen atoms in total. The number of hydrogen-bond donors (Lipinski definition) is 1. The fraction of sp³-hybridized carbons (Fsp3) is 0.611. The van der Waals surface area contributed by atoms with E-state index in [9.17, 15) is 9.90 Å². The molecular formula is C18H25NO4. The number of aliphatic hydroxyl groups is 1. The summed E-state index contributed by atoms with van der Waals surface area (Å²) in [7, 11) is 1.59. The quantitative estimate of drug-likeness (QED) is 0.927. The highest BCUT2D eigenvalue weighted by Gasteiger charge is 2.39. The standard InChI is InChI=1S/C18H25NO4/c1-22-15-5-3-14(4-6-15)16(20)17(21)19-10-2-7-18(13-19)8-11-23-12-9-18/h3-6,16,20H,2,7-13H2,1H3. The van der Waals surface area contributed by atoms with Crippen LogP contribution >= 0.6 is 0 Å². The van der Waals surface area contributed by atoms with Gasteiger partial charge < -0.3 is 19.5 Å². The Morgan fingerprint density at radius 2 is 1.96 bits per heavy atom. The van der Waals surface area contributed by atoms with Crippen LogP contribution in [0.15, 0.2) is 24.3 Å². The molecule has 1 amide bonds. The summed E-state index contributed by atoms with van der Waals surface area (Å²) >= 11 is 0. The van der Waals surface area contributed by atoms with Gasteiger partial charge in [-0.1, -0.05) is 12.1 Å². The first-order chi connectivity index (χ1) is 11.1. The van der Waals surface area contributed by atoms with Gasteiger partial charge in [-0.05, 0) is 48.8 Å². The third-order valence-electron chi connectivity index (χ3n) is 5.19. The van der Waals surface area contributed by atoms with Gasteiger partial charge in [-0.3, -0.25) is 4.79 Å². The van der Waals surface area contributed by atoms with Crippen LogP contribution in [-0.4, -0.2) is 49.3 Å². The van der Waals surface area contributed by atoms with E-state index in [2.05, 4.69) is 0 Å². The normalized spacial score (nSPS) is 21.9. The predicted octanol–water partition coefficient (Wildman–Crippen LogP) is 2.15. The van der Waals surface area contributed by atoms with Crippen LogP contribution in [0.3, 0.4) is 0 Å². The third kappa shape index (κ3) is 3.51. The van der Waals surface area contributed by atoms with Crippen molar-refractivity contribution in [1.82, 2.24) is 4.90 Å². The first kappa shape index (κ1) is 16.3. The summed E-state index contributed by atoms with van der Waals surface area (Å²) in [5.41, 5.74) is 0.800. The molecule has 2 heterocycles. The zero-order chi connectivity index (χ0) is 16.3. The second-order valence-electron chi connectivity index (χ2n) is 6.65. The average Bonchev–Trinajstić information content (AvgIpc) is 2.61. The maximum absolute atomic E-state index is 12.7. The summed E-state index contributed by atoms with van der Waals surface area (Å²) in [6.07, 6.45) is 3.07. The molecule has 3 rings (SSSR count). The zero-order valence-corrected chi connectivity index (χ0v) is 13.7. The largest absolute Gasteiger partial charge is 0.497 e. The van der Waals surface area contributed by atoms with E-state index in [1.165, 1.54) is 0 Å². The van der Waals surface area contributed by atoms with E-state index in [1.807, 2.05) is 4.90 Å². The molecule has 2 aliphatic heterocycles. The zero-order valence-electron chi connectivity index (χ0n) is 13.7. The van der Waals surface area contributed by atoms with Crippen molar-refractivity contribution in [1.29, 1.82) is 0 Å². The maximum atomic E-state index is 12.7. The molecule has 2 aliphatic rings. The van der Waals surface area contributed by atoms with Crippen molar-refractivity contribution >= 4 is 5.91 Å². The van der Waals surface area contributed by atoms with Crippen LogP contribution < -0.4 is 4.74 Å². The number of rotatable bonds is 3. The van der Waals surface area contributed by atoms with Crippen molar-refractivity contribution < 1.29 is 19.4 Å². The molecule has 0 aliphatic carbocycles. The number of benzene rings is 1. The Balaban J connectivity index is 1.68. The SMILES string of the molecule is COc1ccc(C(O)C(=O)N2CCCC3(CCOCC3)C2)cc1. The predicted molar refractivity (Wildman–Crippen MR) is 86.3 cm³/mol. The summed E-state index contributed by atoms with van der Waals surface area (Å²) in [5, 5.41) is 10.4. The van der Waals surface area contributed by atoms with Crippen molar-refractivity contribution in [3.05, 3.63) is 29.8 Å². The molecular weight excluding hydrogens is 294 g/mol. The van der Waals surface area contributed by atoms with E-state index in [1.54, 1.807) is 31.4 Å². The Kier molecular flexibility index (Phi) is 4.87. The topological polar surface area (TPSA) is 59.0 Å². The molecule has 1 aromatic carbocycles. The summed E-state index contributed by atoms with van der Waals surface area (Å²) in [6.45, 7) is 3.03.